The van der Waals surface area contributed by atoms with E-state index >= 15 is 0 Å². The molecule has 0 fully saturated rings. The van der Waals surface area contributed by atoms with Crippen LogP contribution in [0.5, 0.6) is 0 Å². The lowest BCUT2D eigenvalue weighted by Crippen LogP contribution is -2.01. The maximum Gasteiger partial charge on any atom is 0.109 e. The van der Waals surface area contributed by atoms with Crippen molar-refractivity contribution in [1.82, 2.24) is 0 Å². The van der Waals surface area contributed by atoms with Gasteiger partial charge in [-0.05, 0) is 17.7 Å². The molecule has 0 aliphatic heterocycles. The van der Waals surface area contributed by atoms with Crippen molar-refractivity contribution in [2.45, 2.75) is 6.10 Å². The van der Waals surface area contributed by atoms with Gasteiger partial charge < -0.3 is 4.74 Å². The highest BCUT2D eigenvalue weighted by Crippen LogP contribution is 2.17. The Hall–Kier alpha value is -2.30. The standard InChI is InChI=1S/C18H16O/c1-2-18(17-13-7-4-8-14-17)19-15-9-12-16-10-5-3-6-11-16/h2-8,10-11,13-14,18H,1,15H2/t18-/m1/s1. The minimum Gasteiger partial charge on any atom is -0.357 e. The first-order chi connectivity index (χ1) is 9.40. The SMILES string of the molecule is C=C[C@@H](OCC#Cc1ccccc1)c1ccccc1. The first kappa shape index (κ1) is 13.1. The average Bonchev–Trinajstić information content (AvgIpc) is 2.49. The highest BCUT2D eigenvalue weighted by atomic mass is 16.5. The van der Waals surface area contributed by atoms with Crippen LogP contribution in [-0.4, -0.2) is 6.61 Å². The molecule has 0 N–H and O–H groups in total. The molecule has 0 bridgehead atoms. The molecule has 0 amide bonds. The van der Waals surface area contributed by atoms with Crippen LogP contribution in [0.4, 0.5) is 0 Å². The van der Waals surface area contributed by atoms with E-state index in [1.54, 1.807) is 6.08 Å². The van der Waals surface area contributed by atoms with Gasteiger partial charge in [0.1, 0.15) is 12.7 Å². The van der Waals surface area contributed by atoms with Crippen molar-refractivity contribution in [3.05, 3.63) is 84.4 Å². The fourth-order valence-electron chi connectivity index (χ4n) is 1.73. The van der Waals surface area contributed by atoms with E-state index in [4.69, 9.17) is 4.74 Å². The van der Waals surface area contributed by atoms with Gasteiger partial charge in [-0.1, -0.05) is 66.4 Å². The molecule has 1 heteroatoms. The van der Waals surface area contributed by atoms with E-state index in [9.17, 15) is 0 Å². The largest absolute Gasteiger partial charge is 0.357 e. The van der Waals surface area contributed by atoms with Crippen LogP contribution < -0.4 is 0 Å². The Bertz CT molecular complexity index is 561. The molecule has 0 saturated heterocycles. The van der Waals surface area contributed by atoms with Crippen LogP contribution in [0.25, 0.3) is 0 Å². The Morgan fingerprint density at radius 3 is 2.26 bits per heavy atom. The van der Waals surface area contributed by atoms with Crippen molar-refractivity contribution in [2.24, 2.45) is 0 Å². The van der Waals surface area contributed by atoms with Gasteiger partial charge in [-0.3, -0.25) is 0 Å². The minimum absolute atomic E-state index is 0.105. The van der Waals surface area contributed by atoms with E-state index in [0.717, 1.165) is 11.1 Å². The van der Waals surface area contributed by atoms with Gasteiger partial charge in [0, 0.05) is 5.56 Å². The van der Waals surface area contributed by atoms with Gasteiger partial charge >= 0.3 is 0 Å². The molecule has 1 nitrogen and oxygen atoms in total. The number of ether oxygens (including phenoxy) is 1. The summed E-state index contributed by atoms with van der Waals surface area (Å²) in [6.45, 7) is 4.19. The van der Waals surface area contributed by atoms with E-state index in [1.165, 1.54) is 0 Å². The zero-order valence-corrected chi connectivity index (χ0v) is 10.8. The van der Waals surface area contributed by atoms with Gasteiger partial charge in [-0.25, -0.2) is 0 Å². The Morgan fingerprint density at radius 1 is 1.00 bits per heavy atom. The van der Waals surface area contributed by atoms with Gasteiger partial charge in [0.05, 0.1) is 0 Å². The van der Waals surface area contributed by atoms with E-state index < -0.39 is 0 Å². The topological polar surface area (TPSA) is 9.23 Å². The van der Waals surface area contributed by atoms with Crippen molar-refractivity contribution < 1.29 is 4.74 Å². The molecule has 0 aliphatic carbocycles. The predicted molar refractivity (Wildman–Crippen MR) is 78.7 cm³/mol. The van der Waals surface area contributed by atoms with Crippen LogP contribution in [0.2, 0.25) is 0 Å². The second-order valence-corrected chi connectivity index (χ2v) is 4.05. The third-order valence-electron chi connectivity index (χ3n) is 2.68. The van der Waals surface area contributed by atoms with Crippen LogP contribution >= 0.6 is 0 Å². The molecule has 0 saturated carbocycles. The molecular weight excluding hydrogens is 232 g/mol. The number of benzene rings is 2. The van der Waals surface area contributed by atoms with Crippen LogP contribution in [0.1, 0.15) is 17.2 Å². The first-order valence-electron chi connectivity index (χ1n) is 6.23. The second-order valence-electron chi connectivity index (χ2n) is 4.05. The van der Waals surface area contributed by atoms with Crippen LogP contribution in [0, 0.1) is 11.8 Å². The fraction of sp³-hybridized carbons (Fsp3) is 0.111. The highest BCUT2D eigenvalue weighted by molar-refractivity contribution is 5.33. The summed E-state index contributed by atoms with van der Waals surface area (Å²) in [6, 6.07) is 19.9. The molecule has 0 spiro atoms. The van der Waals surface area contributed by atoms with E-state index in [1.807, 2.05) is 60.7 Å². The summed E-state index contributed by atoms with van der Waals surface area (Å²) < 4.78 is 5.71. The molecule has 2 aromatic rings. The summed E-state index contributed by atoms with van der Waals surface area (Å²) in [5.74, 6) is 6.08. The fourth-order valence-corrected chi connectivity index (χ4v) is 1.73. The molecule has 1 atom stereocenters. The molecular formula is C18H16O. The third-order valence-corrected chi connectivity index (χ3v) is 2.68. The van der Waals surface area contributed by atoms with Gasteiger partial charge in [0.2, 0.25) is 0 Å². The quantitative estimate of drug-likeness (QED) is 0.587. The van der Waals surface area contributed by atoms with Crippen LogP contribution in [-0.2, 0) is 4.74 Å². The van der Waals surface area contributed by atoms with Crippen molar-refractivity contribution >= 4 is 0 Å². The molecule has 0 aromatic heterocycles. The van der Waals surface area contributed by atoms with Gasteiger partial charge in [0.15, 0.2) is 0 Å². The molecule has 2 rings (SSSR count). The number of hydrogen-bond donors (Lipinski definition) is 0. The maximum atomic E-state index is 5.71. The number of rotatable bonds is 4. The molecule has 2 aromatic carbocycles. The smallest absolute Gasteiger partial charge is 0.109 e. The Balaban J connectivity index is 1.92. The van der Waals surface area contributed by atoms with Gasteiger partial charge in [0.25, 0.3) is 0 Å². The van der Waals surface area contributed by atoms with E-state index in [2.05, 4.69) is 18.4 Å². The monoisotopic (exact) mass is 248 g/mol. The summed E-state index contributed by atoms with van der Waals surface area (Å²) in [4.78, 5) is 0. The Kier molecular flexibility index (Phi) is 4.98. The summed E-state index contributed by atoms with van der Waals surface area (Å²) >= 11 is 0. The maximum absolute atomic E-state index is 5.71. The molecule has 0 heterocycles. The van der Waals surface area contributed by atoms with Crippen molar-refractivity contribution in [1.29, 1.82) is 0 Å². The average molecular weight is 248 g/mol. The van der Waals surface area contributed by atoms with Crippen molar-refractivity contribution in [3.8, 4) is 11.8 Å². The van der Waals surface area contributed by atoms with Gasteiger partial charge in [-0.2, -0.15) is 0 Å². The molecule has 19 heavy (non-hydrogen) atoms. The lowest BCUT2D eigenvalue weighted by molar-refractivity contribution is 0.114. The zero-order valence-electron chi connectivity index (χ0n) is 10.8. The van der Waals surface area contributed by atoms with Crippen molar-refractivity contribution in [2.75, 3.05) is 6.61 Å². The Labute approximate surface area is 114 Å². The number of hydrogen-bond acceptors (Lipinski definition) is 1. The molecule has 0 radical (unpaired) electrons. The lowest BCUT2D eigenvalue weighted by atomic mass is 10.1. The summed E-state index contributed by atoms with van der Waals surface area (Å²) in [6.07, 6.45) is 1.69. The Morgan fingerprint density at radius 2 is 1.63 bits per heavy atom. The van der Waals surface area contributed by atoms with Crippen molar-refractivity contribution in [3.63, 3.8) is 0 Å². The third kappa shape index (κ3) is 4.13. The predicted octanol–water partition coefficient (Wildman–Crippen LogP) is 3.98. The minimum atomic E-state index is -0.105. The van der Waals surface area contributed by atoms with E-state index in [0.29, 0.717) is 6.61 Å². The highest BCUT2D eigenvalue weighted by Gasteiger charge is 2.05. The second kappa shape index (κ2) is 7.20. The zero-order chi connectivity index (χ0) is 13.3. The summed E-state index contributed by atoms with van der Waals surface area (Å²) in [7, 11) is 0. The molecule has 0 unspecified atom stereocenters. The molecule has 0 aliphatic rings. The summed E-state index contributed by atoms with van der Waals surface area (Å²) in [5.41, 5.74) is 2.10. The summed E-state index contributed by atoms with van der Waals surface area (Å²) in [5, 5.41) is 0. The van der Waals surface area contributed by atoms with Crippen LogP contribution in [0.15, 0.2) is 73.3 Å². The normalized spacial score (nSPS) is 11.2. The lowest BCUT2D eigenvalue weighted by Gasteiger charge is -2.11. The van der Waals surface area contributed by atoms with Crippen LogP contribution in [0.3, 0.4) is 0 Å². The van der Waals surface area contributed by atoms with E-state index in [-0.39, 0.29) is 6.10 Å². The van der Waals surface area contributed by atoms with Gasteiger partial charge in [-0.15, -0.1) is 6.58 Å². The first-order valence-corrected chi connectivity index (χ1v) is 6.23. The molecule has 94 valence electrons.